The lowest BCUT2D eigenvalue weighted by atomic mass is 10.1. The van der Waals surface area contributed by atoms with E-state index in [0.29, 0.717) is 12.8 Å². The van der Waals surface area contributed by atoms with Gasteiger partial charge in [-0.3, -0.25) is 8.88 Å². The third kappa shape index (κ3) is 12.8. The van der Waals surface area contributed by atoms with Crippen LogP contribution in [-0.4, -0.2) is 13.2 Å². The van der Waals surface area contributed by atoms with Crippen LogP contribution in [-0.2, 0) is 18.0 Å². The van der Waals surface area contributed by atoms with Gasteiger partial charge in [-0.25, -0.2) is 0 Å². The van der Waals surface area contributed by atoms with E-state index in [9.17, 15) is 23.8 Å². The van der Waals surface area contributed by atoms with Crippen LogP contribution in [0.3, 0.4) is 0 Å². The number of hydrogen-bond donors (Lipinski definition) is 0. The molecule has 12 heteroatoms. The van der Waals surface area contributed by atoms with Crippen LogP contribution in [0.2, 0.25) is 0 Å². The fourth-order valence-electron chi connectivity index (χ4n) is 1.27. The van der Waals surface area contributed by atoms with Crippen LogP contribution in [0.4, 0.5) is 0 Å². The van der Waals surface area contributed by atoms with E-state index in [2.05, 4.69) is 18.9 Å². The van der Waals surface area contributed by atoms with Crippen molar-refractivity contribution in [1.82, 2.24) is 0 Å². The summed E-state index contributed by atoms with van der Waals surface area (Å²) in [5.74, 6) is 0. The summed E-state index contributed by atoms with van der Waals surface area (Å²) in [4.78, 5) is 33.9. The molecular weight excluding hydrogens is 336 g/mol. The zero-order chi connectivity index (χ0) is 17.2. The molecule has 0 amide bonds. The highest BCUT2D eigenvalue weighted by atomic mass is 31.3. The molecule has 0 spiro atoms. The summed E-state index contributed by atoms with van der Waals surface area (Å²) in [6.45, 7) is 3.38. The van der Waals surface area contributed by atoms with Gasteiger partial charge in [0, 0.05) is 11.5 Å². The van der Waals surface area contributed by atoms with Gasteiger partial charge in [-0.1, -0.05) is 28.4 Å². The molecule has 0 rings (SSSR count). The summed E-state index contributed by atoms with van der Waals surface area (Å²) in [6.07, 6.45) is 4.55. The van der Waals surface area contributed by atoms with Crippen LogP contribution >= 0.6 is 15.6 Å². The molecule has 0 aromatic heterocycles. The van der Waals surface area contributed by atoms with Crippen LogP contribution in [0, 0.1) is 0 Å². The summed E-state index contributed by atoms with van der Waals surface area (Å²) >= 11 is 0. The number of hydrogen-bond acceptors (Lipinski definition) is 8. The summed E-state index contributed by atoms with van der Waals surface area (Å²) in [5, 5.41) is 3.40. The highest BCUT2D eigenvalue weighted by Gasteiger charge is 2.10. The number of phosphoric acid groups is 2. The first-order valence-corrected chi connectivity index (χ1v) is 8.99. The Morgan fingerprint density at radius 2 is 1.86 bits per heavy atom. The van der Waals surface area contributed by atoms with Crippen molar-refractivity contribution in [2.45, 2.75) is 26.7 Å². The molecule has 10 nitrogen and oxygen atoms in total. The van der Waals surface area contributed by atoms with Crippen LogP contribution in [0.25, 0.3) is 10.4 Å². The smallest absolute Gasteiger partial charge is 0.272 e. The molecular formula is C10H16N3O7P2-3. The molecule has 0 aromatic carbocycles. The Hall–Kier alpha value is -0.950. The van der Waals surface area contributed by atoms with E-state index in [1.165, 1.54) is 6.08 Å². The first kappa shape index (κ1) is 21.0. The van der Waals surface area contributed by atoms with Gasteiger partial charge in [0.1, 0.15) is 0 Å². The predicted octanol–water partition coefficient (Wildman–Crippen LogP) is 1.30. The van der Waals surface area contributed by atoms with Crippen molar-refractivity contribution in [3.63, 3.8) is 0 Å². The minimum atomic E-state index is -5.65. The molecule has 0 fully saturated rings. The standard InChI is InChI=1S/C10H19N3O7P2/c1-9(4-3-5-10(2)8-12-13-11)6-7-19-22(17,18)20-21(14,15)16/h5-6H,3-4,7-8H2,1-2H3,(H,17,18)(H2,14,15,16)/p-3/b9-6+,10-5+. The van der Waals surface area contributed by atoms with Gasteiger partial charge in [0.05, 0.1) is 14.4 Å². The van der Waals surface area contributed by atoms with Crippen LogP contribution in [0.1, 0.15) is 26.7 Å². The van der Waals surface area contributed by atoms with Gasteiger partial charge in [-0.2, -0.15) is 0 Å². The summed E-state index contributed by atoms with van der Waals surface area (Å²) in [7, 11) is -10.8. The monoisotopic (exact) mass is 352 g/mol. The Labute approximate surface area is 127 Å². The average Bonchev–Trinajstić information content (AvgIpc) is 2.33. The Bertz CT molecular complexity index is 563. The Balaban J connectivity index is 4.21. The van der Waals surface area contributed by atoms with E-state index >= 15 is 0 Å². The summed E-state index contributed by atoms with van der Waals surface area (Å²) in [5.41, 5.74) is 9.85. The largest absolute Gasteiger partial charge is 0.790 e. The molecule has 22 heavy (non-hydrogen) atoms. The van der Waals surface area contributed by atoms with Crippen LogP contribution in [0.15, 0.2) is 28.4 Å². The number of allylic oxidation sites excluding steroid dienone is 2. The third-order valence-electron chi connectivity index (χ3n) is 2.28. The minimum Gasteiger partial charge on any atom is -0.790 e. The molecule has 0 aliphatic carbocycles. The van der Waals surface area contributed by atoms with Gasteiger partial charge in [0.15, 0.2) is 0 Å². The van der Waals surface area contributed by atoms with Gasteiger partial charge in [-0.15, -0.1) is 0 Å². The quantitative estimate of drug-likeness (QED) is 0.187. The van der Waals surface area contributed by atoms with E-state index in [4.69, 9.17) is 5.53 Å². The highest BCUT2D eigenvalue weighted by Crippen LogP contribution is 2.50. The van der Waals surface area contributed by atoms with E-state index in [1.807, 2.05) is 13.0 Å². The molecule has 0 aliphatic heterocycles. The molecule has 1 atom stereocenters. The van der Waals surface area contributed by atoms with Gasteiger partial charge in [0.25, 0.3) is 7.82 Å². The number of phosphoric ester groups is 1. The highest BCUT2D eigenvalue weighted by molar-refractivity contribution is 7.58. The molecule has 126 valence electrons. The topological polar surface area (TPSA) is 171 Å². The second-order valence-corrected chi connectivity index (χ2v) is 7.00. The lowest BCUT2D eigenvalue weighted by Gasteiger charge is -2.34. The lowest BCUT2D eigenvalue weighted by molar-refractivity contribution is -0.339. The molecule has 0 aromatic rings. The molecule has 0 saturated heterocycles. The second-order valence-electron chi connectivity index (χ2n) is 4.30. The van der Waals surface area contributed by atoms with Crippen molar-refractivity contribution in [1.29, 1.82) is 0 Å². The third-order valence-corrected chi connectivity index (χ3v) is 4.34. The summed E-state index contributed by atoms with van der Waals surface area (Å²) in [6, 6.07) is 0. The fourth-order valence-corrected chi connectivity index (χ4v) is 2.70. The van der Waals surface area contributed by atoms with Gasteiger partial charge in [0.2, 0.25) is 0 Å². The van der Waals surface area contributed by atoms with Crippen molar-refractivity contribution in [3.8, 4) is 0 Å². The minimum absolute atomic E-state index is 0.281. The Morgan fingerprint density at radius 3 is 2.41 bits per heavy atom. The number of nitrogens with zero attached hydrogens (tertiary/aromatic N) is 3. The lowest BCUT2D eigenvalue weighted by Crippen LogP contribution is -2.19. The SMILES string of the molecule is C/C(=C\COP(=O)([O-])OP(=O)([O-])[O-])CC/C=C(\C)CN=[N+]=[N-]. The number of azide groups is 1. The zero-order valence-corrected chi connectivity index (χ0v) is 13.9. The first-order chi connectivity index (χ1) is 10.1. The first-order valence-electron chi connectivity index (χ1n) is 6.07. The molecule has 0 saturated carbocycles. The maximum absolute atomic E-state index is 11.0. The number of rotatable bonds is 10. The van der Waals surface area contributed by atoms with E-state index in [-0.39, 0.29) is 6.54 Å². The van der Waals surface area contributed by atoms with Crippen LogP contribution < -0.4 is 14.7 Å². The molecule has 0 N–H and O–H groups in total. The fraction of sp³-hybridized carbons (Fsp3) is 0.600. The van der Waals surface area contributed by atoms with E-state index in [1.54, 1.807) is 6.92 Å². The van der Waals surface area contributed by atoms with Crippen molar-refractivity contribution in [3.05, 3.63) is 33.7 Å². The van der Waals surface area contributed by atoms with Gasteiger partial charge < -0.3 is 23.8 Å². The Morgan fingerprint density at radius 1 is 1.23 bits per heavy atom. The molecule has 0 bridgehead atoms. The predicted molar refractivity (Wildman–Crippen MR) is 73.0 cm³/mol. The van der Waals surface area contributed by atoms with Crippen molar-refractivity contribution >= 4 is 15.6 Å². The Kier molecular flexibility index (Phi) is 9.51. The van der Waals surface area contributed by atoms with Crippen LogP contribution in [0.5, 0.6) is 0 Å². The van der Waals surface area contributed by atoms with Gasteiger partial charge >= 0.3 is 0 Å². The second kappa shape index (κ2) is 9.94. The van der Waals surface area contributed by atoms with Gasteiger partial charge in [-0.05, 0) is 32.2 Å². The van der Waals surface area contributed by atoms with E-state index < -0.39 is 22.3 Å². The van der Waals surface area contributed by atoms with E-state index in [0.717, 1.165) is 11.1 Å². The normalized spacial score (nSPS) is 16.0. The summed E-state index contributed by atoms with van der Waals surface area (Å²) < 4.78 is 28.7. The van der Waals surface area contributed by atoms with Crippen molar-refractivity contribution in [2.24, 2.45) is 5.11 Å². The van der Waals surface area contributed by atoms with Crippen molar-refractivity contribution < 1.29 is 32.6 Å². The zero-order valence-electron chi connectivity index (χ0n) is 12.1. The average molecular weight is 352 g/mol. The maximum atomic E-state index is 11.0. The molecule has 0 aliphatic rings. The molecule has 0 radical (unpaired) electrons. The molecule has 0 heterocycles. The van der Waals surface area contributed by atoms with Crippen molar-refractivity contribution in [2.75, 3.05) is 13.2 Å². The maximum Gasteiger partial charge on any atom is 0.272 e. The molecule has 1 unspecified atom stereocenters.